The Labute approximate surface area is 139 Å². The highest BCUT2D eigenvalue weighted by Gasteiger charge is 2.29. The third-order valence-electron chi connectivity index (χ3n) is 3.58. The third-order valence-corrected chi connectivity index (χ3v) is 3.58. The number of unbranched alkanes of at least 4 members (excludes halogenated alkanes) is 1. The highest BCUT2D eigenvalue weighted by Crippen LogP contribution is 2.14. The first-order valence-corrected chi connectivity index (χ1v) is 7.79. The van der Waals surface area contributed by atoms with Crippen LogP contribution in [0.2, 0.25) is 0 Å². The molecule has 2 rings (SSSR count). The normalized spacial score (nSPS) is 11.8. The highest BCUT2D eigenvalue weighted by atomic mass is 19.1. The second kappa shape index (κ2) is 8.19. The fraction of sp³-hybridized carbons (Fsp3) is 0.278. The lowest BCUT2D eigenvalue weighted by atomic mass is 10.0. The molecule has 0 saturated carbocycles. The fourth-order valence-corrected chi connectivity index (χ4v) is 2.28. The molecule has 0 aliphatic heterocycles. The van der Waals surface area contributed by atoms with E-state index >= 15 is 0 Å². The number of nitrogens with zero attached hydrogens (tertiary/aromatic N) is 1. The monoisotopic (exact) mass is 330 g/mol. The van der Waals surface area contributed by atoms with Gasteiger partial charge in [0, 0.05) is 24.4 Å². The van der Waals surface area contributed by atoms with Crippen LogP contribution in [-0.4, -0.2) is 22.8 Å². The standard InChI is InChI=1S/C18H19FN2O3/c1-2-3-11-20-18(24)16(21-12-5-4-6-15(21)22)17(23)13-7-9-14(19)10-8-13/h4-10,12,16H,2-3,11H2,1H3,(H,20,24). The van der Waals surface area contributed by atoms with E-state index in [2.05, 4.69) is 5.32 Å². The second-order valence-corrected chi connectivity index (χ2v) is 5.36. The lowest BCUT2D eigenvalue weighted by Gasteiger charge is -2.18. The van der Waals surface area contributed by atoms with E-state index < -0.39 is 29.1 Å². The topological polar surface area (TPSA) is 68.2 Å². The van der Waals surface area contributed by atoms with Crippen molar-refractivity contribution in [2.75, 3.05) is 6.54 Å². The van der Waals surface area contributed by atoms with E-state index in [1.165, 1.54) is 30.5 Å². The zero-order valence-corrected chi connectivity index (χ0v) is 13.4. The van der Waals surface area contributed by atoms with Crippen LogP contribution in [0.1, 0.15) is 36.2 Å². The average Bonchev–Trinajstić information content (AvgIpc) is 2.57. The molecular weight excluding hydrogens is 311 g/mol. The summed E-state index contributed by atoms with van der Waals surface area (Å²) >= 11 is 0. The number of hydrogen-bond donors (Lipinski definition) is 1. The SMILES string of the molecule is CCCCNC(=O)C(C(=O)c1ccc(F)cc1)n1ccccc1=O. The second-order valence-electron chi connectivity index (χ2n) is 5.36. The minimum absolute atomic E-state index is 0.169. The number of Topliss-reactive ketones (excluding diaryl/α,β-unsaturated/α-hetero) is 1. The Bertz CT molecular complexity index is 768. The van der Waals surface area contributed by atoms with Crippen molar-refractivity contribution in [3.63, 3.8) is 0 Å². The van der Waals surface area contributed by atoms with Crippen molar-refractivity contribution < 1.29 is 14.0 Å². The van der Waals surface area contributed by atoms with Gasteiger partial charge in [0.05, 0.1) is 0 Å². The van der Waals surface area contributed by atoms with Crippen LogP contribution in [-0.2, 0) is 4.79 Å². The fourth-order valence-electron chi connectivity index (χ4n) is 2.28. The maximum absolute atomic E-state index is 13.1. The van der Waals surface area contributed by atoms with Crippen LogP contribution < -0.4 is 10.9 Å². The lowest BCUT2D eigenvalue weighted by molar-refractivity contribution is -0.123. The van der Waals surface area contributed by atoms with Crippen LogP contribution in [0.5, 0.6) is 0 Å². The Morgan fingerprint density at radius 1 is 1.17 bits per heavy atom. The number of carbonyl (C=O) groups excluding carboxylic acids is 2. The van der Waals surface area contributed by atoms with Gasteiger partial charge in [-0.2, -0.15) is 0 Å². The number of benzene rings is 1. The van der Waals surface area contributed by atoms with Crippen molar-refractivity contribution in [3.8, 4) is 0 Å². The molecule has 126 valence electrons. The van der Waals surface area contributed by atoms with Gasteiger partial charge >= 0.3 is 0 Å². The van der Waals surface area contributed by atoms with Gasteiger partial charge in [-0.15, -0.1) is 0 Å². The first-order valence-electron chi connectivity index (χ1n) is 7.79. The molecule has 1 atom stereocenters. The van der Waals surface area contributed by atoms with Crippen LogP contribution in [0.3, 0.4) is 0 Å². The Morgan fingerprint density at radius 3 is 2.50 bits per heavy atom. The molecule has 0 saturated heterocycles. The van der Waals surface area contributed by atoms with Gasteiger partial charge < -0.3 is 5.32 Å². The molecule has 1 aromatic carbocycles. The van der Waals surface area contributed by atoms with Crippen molar-refractivity contribution in [3.05, 3.63) is 70.4 Å². The number of amides is 1. The maximum Gasteiger partial charge on any atom is 0.251 e. The molecule has 2 aromatic rings. The quantitative estimate of drug-likeness (QED) is 0.481. The van der Waals surface area contributed by atoms with E-state index in [0.29, 0.717) is 6.54 Å². The molecule has 0 spiro atoms. The van der Waals surface area contributed by atoms with Crippen LogP contribution in [0.15, 0.2) is 53.5 Å². The van der Waals surface area contributed by atoms with Gasteiger partial charge in [0.2, 0.25) is 0 Å². The number of hydrogen-bond acceptors (Lipinski definition) is 3. The summed E-state index contributed by atoms with van der Waals surface area (Å²) in [5.74, 6) is -1.59. The minimum atomic E-state index is -1.32. The van der Waals surface area contributed by atoms with Crippen molar-refractivity contribution in [1.29, 1.82) is 0 Å². The summed E-state index contributed by atoms with van der Waals surface area (Å²) in [6, 6.07) is 7.97. The molecule has 24 heavy (non-hydrogen) atoms. The Balaban J connectivity index is 2.37. The van der Waals surface area contributed by atoms with Gasteiger partial charge in [-0.3, -0.25) is 19.0 Å². The highest BCUT2D eigenvalue weighted by molar-refractivity contribution is 6.11. The summed E-state index contributed by atoms with van der Waals surface area (Å²) in [6.07, 6.45) is 3.06. The number of carbonyl (C=O) groups is 2. The molecule has 0 radical (unpaired) electrons. The summed E-state index contributed by atoms with van der Waals surface area (Å²) in [5, 5.41) is 2.68. The molecule has 0 aliphatic carbocycles. The predicted octanol–water partition coefficient (Wildman–Crippen LogP) is 2.33. The van der Waals surface area contributed by atoms with Gasteiger partial charge in [-0.25, -0.2) is 4.39 Å². The zero-order chi connectivity index (χ0) is 17.5. The molecule has 1 heterocycles. The van der Waals surface area contributed by atoms with Gasteiger partial charge in [-0.1, -0.05) is 19.4 Å². The van der Waals surface area contributed by atoms with Crippen molar-refractivity contribution >= 4 is 11.7 Å². The molecule has 1 aromatic heterocycles. The van der Waals surface area contributed by atoms with Crippen molar-refractivity contribution in [1.82, 2.24) is 9.88 Å². The van der Waals surface area contributed by atoms with Gasteiger partial charge in [0.15, 0.2) is 11.8 Å². The van der Waals surface area contributed by atoms with E-state index in [-0.39, 0.29) is 5.56 Å². The van der Waals surface area contributed by atoms with Crippen LogP contribution in [0, 0.1) is 5.82 Å². The smallest absolute Gasteiger partial charge is 0.251 e. The van der Waals surface area contributed by atoms with Crippen LogP contribution >= 0.6 is 0 Å². The molecular formula is C18H19FN2O3. The number of halogens is 1. The molecule has 1 N–H and O–H groups in total. The minimum Gasteiger partial charge on any atom is -0.354 e. The van der Waals surface area contributed by atoms with Crippen molar-refractivity contribution in [2.24, 2.45) is 0 Å². The molecule has 0 aliphatic rings. The maximum atomic E-state index is 13.1. The first kappa shape index (κ1) is 17.6. The Hall–Kier alpha value is -2.76. The van der Waals surface area contributed by atoms with Gasteiger partial charge in [-0.05, 0) is 36.8 Å². The molecule has 1 amide bonds. The van der Waals surface area contributed by atoms with Crippen LogP contribution in [0.4, 0.5) is 4.39 Å². The molecule has 0 fully saturated rings. The largest absolute Gasteiger partial charge is 0.354 e. The molecule has 1 unspecified atom stereocenters. The zero-order valence-electron chi connectivity index (χ0n) is 13.4. The first-order chi connectivity index (χ1) is 11.5. The number of pyridine rings is 1. The van der Waals surface area contributed by atoms with E-state index in [4.69, 9.17) is 0 Å². The summed E-state index contributed by atoms with van der Waals surface area (Å²) in [6.45, 7) is 2.40. The van der Waals surface area contributed by atoms with E-state index in [9.17, 15) is 18.8 Å². The average molecular weight is 330 g/mol. The number of rotatable bonds is 7. The van der Waals surface area contributed by atoms with Gasteiger partial charge in [0.1, 0.15) is 5.82 Å². The van der Waals surface area contributed by atoms with Crippen LogP contribution in [0.25, 0.3) is 0 Å². The third kappa shape index (κ3) is 4.16. The molecule has 0 bridgehead atoms. The number of aromatic nitrogens is 1. The summed E-state index contributed by atoms with van der Waals surface area (Å²) < 4.78 is 14.1. The molecule has 6 heteroatoms. The van der Waals surface area contributed by atoms with Gasteiger partial charge in [0.25, 0.3) is 11.5 Å². The Morgan fingerprint density at radius 2 is 1.88 bits per heavy atom. The summed E-state index contributed by atoms with van der Waals surface area (Å²) in [5.41, 5.74) is -0.286. The number of nitrogens with one attached hydrogen (secondary N) is 1. The number of ketones is 1. The Kier molecular flexibility index (Phi) is 6.01. The van der Waals surface area contributed by atoms with E-state index in [1.54, 1.807) is 6.07 Å². The summed E-state index contributed by atoms with van der Waals surface area (Å²) in [4.78, 5) is 37.3. The van der Waals surface area contributed by atoms with E-state index in [1.807, 2.05) is 6.92 Å². The predicted molar refractivity (Wildman–Crippen MR) is 88.4 cm³/mol. The summed E-state index contributed by atoms with van der Waals surface area (Å²) in [7, 11) is 0. The lowest BCUT2D eigenvalue weighted by Crippen LogP contribution is -2.41. The molecule has 5 nitrogen and oxygen atoms in total. The van der Waals surface area contributed by atoms with Crippen molar-refractivity contribution in [2.45, 2.75) is 25.8 Å². The van der Waals surface area contributed by atoms with E-state index in [0.717, 1.165) is 29.5 Å².